The van der Waals surface area contributed by atoms with Crippen LogP contribution in [0.2, 0.25) is 0 Å². The number of aromatic carboxylic acids is 1. The van der Waals surface area contributed by atoms with Crippen LogP contribution in [0.3, 0.4) is 0 Å². The first kappa shape index (κ1) is 17.4. The van der Waals surface area contributed by atoms with Crippen molar-refractivity contribution in [2.45, 2.75) is 40.2 Å². The van der Waals surface area contributed by atoms with E-state index in [2.05, 4.69) is 6.92 Å². The number of thiophene rings is 1. The van der Waals surface area contributed by atoms with Gasteiger partial charge in [0.1, 0.15) is 10.7 Å². The second-order valence-corrected chi connectivity index (χ2v) is 7.34. The summed E-state index contributed by atoms with van der Waals surface area (Å²) < 4.78 is 1.69. The standard InChI is InChI=1S/C19H20N2O3S/c1-4-6-15-20-17-16(11(2)12(3)25-17)18(22)21(15)10-13-7-5-8-14(9-13)19(23)24/h5,7-9H,4,6,10H2,1-3H3,(H,23,24). The zero-order chi connectivity index (χ0) is 18.1. The fraction of sp³-hybridized carbons (Fsp3) is 0.316. The normalized spacial score (nSPS) is 11.2. The Balaban J connectivity index is 2.17. The second kappa shape index (κ2) is 6.80. The van der Waals surface area contributed by atoms with E-state index < -0.39 is 5.97 Å². The molecule has 0 saturated heterocycles. The number of carboxylic acids is 1. The lowest BCUT2D eigenvalue weighted by atomic mass is 10.1. The van der Waals surface area contributed by atoms with Crippen LogP contribution in [0.1, 0.15) is 45.5 Å². The molecule has 0 saturated carbocycles. The maximum absolute atomic E-state index is 13.1. The highest BCUT2D eigenvalue weighted by Crippen LogP contribution is 2.26. The molecule has 1 N–H and O–H groups in total. The zero-order valence-corrected chi connectivity index (χ0v) is 15.3. The lowest BCUT2D eigenvalue weighted by molar-refractivity contribution is 0.0696. The van der Waals surface area contributed by atoms with Gasteiger partial charge < -0.3 is 5.11 Å². The molecular weight excluding hydrogens is 336 g/mol. The number of fused-ring (bicyclic) bond motifs is 1. The van der Waals surface area contributed by atoms with Gasteiger partial charge >= 0.3 is 5.97 Å². The van der Waals surface area contributed by atoms with E-state index in [1.807, 2.05) is 19.9 Å². The van der Waals surface area contributed by atoms with E-state index in [0.29, 0.717) is 18.4 Å². The predicted molar refractivity (Wildman–Crippen MR) is 99.9 cm³/mol. The minimum Gasteiger partial charge on any atom is -0.478 e. The van der Waals surface area contributed by atoms with Crippen molar-refractivity contribution in [3.63, 3.8) is 0 Å². The van der Waals surface area contributed by atoms with Gasteiger partial charge in [-0.25, -0.2) is 9.78 Å². The Hall–Kier alpha value is -2.47. The maximum Gasteiger partial charge on any atom is 0.335 e. The second-order valence-electron chi connectivity index (χ2n) is 6.14. The van der Waals surface area contributed by atoms with E-state index in [-0.39, 0.29) is 11.1 Å². The fourth-order valence-electron chi connectivity index (χ4n) is 2.93. The summed E-state index contributed by atoms with van der Waals surface area (Å²) in [6, 6.07) is 6.70. The molecule has 0 aliphatic heterocycles. The van der Waals surface area contributed by atoms with E-state index in [1.54, 1.807) is 34.1 Å². The van der Waals surface area contributed by atoms with Gasteiger partial charge in [0.05, 0.1) is 17.5 Å². The third kappa shape index (κ3) is 3.22. The minimum absolute atomic E-state index is 0.0453. The highest BCUT2D eigenvalue weighted by molar-refractivity contribution is 7.18. The molecule has 5 nitrogen and oxygen atoms in total. The molecule has 0 amide bonds. The summed E-state index contributed by atoms with van der Waals surface area (Å²) >= 11 is 1.55. The van der Waals surface area contributed by atoms with Crippen LogP contribution in [0.15, 0.2) is 29.1 Å². The minimum atomic E-state index is -0.971. The number of carbonyl (C=O) groups is 1. The van der Waals surface area contributed by atoms with Crippen molar-refractivity contribution in [1.29, 1.82) is 0 Å². The first-order valence-electron chi connectivity index (χ1n) is 8.24. The molecule has 0 aliphatic rings. The van der Waals surface area contributed by atoms with Gasteiger partial charge in [-0.15, -0.1) is 11.3 Å². The molecule has 1 aromatic carbocycles. The number of nitrogens with zero attached hydrogens (tertiary/aromatic N) is 2. The average molecular weight is 356 g/mol. The summed E-state index contributed by atoms with van der Waals surface area (Å²) in [6.45, 7) is 6.33. The number of benzene rings is 1. The lowest BCUT2D eigenvalue weighted by Gasteiger charge is -2.12. The van der Waals surface area contributed by atoms with Crippen LogP contribution in [0.5, 0.6) is 0 Å². The van der Waals surface area contributed by atoms with E-state index in [9.17, 15) is 9.59 Å². The quantitative estimate of drug-likeness (QED) is 0.755. The Morgan fingerprint density at radius 2 is 2.08 bits per heavy atom. The maximum atomic E-state index is 13.1. The van der Waals surface area contributed by atoms with Crippen molar-refractivity contribution in [3.8, 4) is 0 Å². The molecule has 0 aliphatic carbocycles. The smallest absolute Gasteiger partial charge is 0.335 e. The van der Waals surface area contributed by atoms with Crippen molar-refractivity contribution >= 4 is 27.5 Å². The number of hydrogen-bond acceptors (Lipinski definition) is 4. The topological polar surface area (TPSA) is 72.2 Å². The molecule has 2 heterocycles. The van der Waals surface area contributed by atoms with Gasteiger partial charge in [-0.05, 0) is 43.5 Å². The molecule has 0 unspecified atom stereocenters. The Labute approximate surface area is 149 Å². The van der Waals surface area contributed by atoms with Gasteiger partial charge in [0, 0.05) is 11.3 Å². The summed E-state index contributed by atoms with van der Waals surface area (Å²) in [5.74, 6) is -0.220. The van der Waals surface area contributed by atoms with Crippen LogP contribution < -0.4 is 5.56 Å². The van der Waals surface area contributed by atoms with E-state index in [1.165, 1.54) is 0 Å². The summed E-state index contributed by atoms with van der Waals surface area (Å²) in [4.78, 5) is 30.9. The molecular formula is C19H20N2O3S. The largest absolute Gasteiger partial charge is 0.478 e. The molecule has 0 fully saturated rings. The van der Waals surface area contributed by atoms with Gasteiger partial charge in [0.15, 0.2) is 0 Å². The van der Waals surface area contributed by atoms with E-state index in [0.717, 1.165) is 33.1 Å². The van der Waals surface area contributed by atoms with Gasteiger partial charge in [-0.1, -0.05) is 19.1 Å². The highest BCUT2D eigenvalue weighted by atomic mass is 32.1. The van der Waals surface area contributed by atoms with Gasteiger partial charge in [-0.2, -0.15) is 0 Å². The molecule has 0 spiro atoms. The van der Waals surface area contributed by atoms with Crippen LogP contribution in [0, 0.1) is 13.8 Å². The van der Waals surface area contributed by atoms with Crippen LogP contribution >= 0.6 is 11.3 Å². The first-order chi connectivity index (χ1) is 11.9. The monoisotopic (exact) mass is 356 g/mol. The summed E-state index contributed by atoms with van der Waals surface area (Å²) in [5.41, 5.74) is 1.94. The number of rotatable bonds is 5. The molecule has 0 radical (unpaired) electrons. The van der Waals surface area contributed by atoms with Crippen molar-refractivity contribution in [2.24, 2.45) is 0 Å². The Morgan fingerprint density at radius 3 is 2.76 bits per heavy atom. The molecule has 0 atom stereocenters. The summed E-state index contributed by atoms with van der Waals surface area (Å²) in [6.07, 6.45) is 1.59. The SMILES string of the molecule is CCCc1nc2sc(C)c(C)c2c(=O)n1Cc1cccc(C(=O)O)c1. The van der Waals surface area contributed by atoms with E-state index >= 15 is 0 Å². The van der Waals surface area contributed by atoms with Crippen LogP contribution in [-0.2, 0) is 13.0 Å². The fourth-order valence-corrected chi connectivity index (χ4v) is 3.97. The first-order valence-corrected chi connectivity index (χ1v) is 9.05. The van der Waals surface area contributed by atoms with Crippen molar-refractivity contribution in [2.75, 3.05) is 0 Å². The molecule has 2 aromatic heterocycles. The number of carboxylic acid groups (broad SMARTS) is 1. The molecule has 6 heteroatoms. The van der Waals surface area contributed by atoms with E-state index in [4.69, 9.17) is 10.1 Å². The van der Waals surface area contributed by atoms with Crippen LogP contribution in [0.4, 0.5) is 0 Å². The number of aryl methyl sites for hydroxylation is 3. The zero-order valence-electron chi connectivity index (χ0n) is 14.5. The molecule has 3 aromatic rings. The van der Waals surface area contributed by atoms with Crippen molar-refractivity contribution in [1.82, 2.24) is 9.55 Å². The third-order valence-corrected chi connectivity index (χ3v) is 5.46. The number of hydrogen-bond donors (Lipinski definition) is 1. The molecule has 130 valence electrons. The van der Waals surface area contributed by atoms with Crippen molar-refractivity contribution < 1.29 is 9.90 Å². The Morgan fingerprint density at radius 1 is 1.32 bits per heavy atom. The predicted octanol–water partition coefficient (Wildman–Crippen LogP) is 3.77. The van der Waals surface area contributed by atoms with Crippen molar-refractivity contribution in [3.05, 3.63) is 62.0 Å². The Kier molecular flexibility index (Phi) is 4.72. The van der Waals surface area contributed by atoms with Gasteiger partial charge in [-0.3, -0.25) is 9.36 Å². The Bertz CT molecular complexity index is 1020. The van der Waals surface area contributed by atoms with Crippen LogP contribution in [0.25, 0.3) is 10.2 Å². The highest BCUT2D eigenvalue weighted by Gasteiger charge is 2.16. The molecule has 25 heavy (non-hydrogen) atoms. The summed E-state index contributed by atoms with van der Waals surface area (Å²) in [5, 5.41) is 9.85. The van der Waals surface area contributed by atoms with Gasteiger partial charge in [0.2, 0.25) is 0 Å². The molecule has 3 rings (SSSR count). The lowest BCUT2D eigenvalue weighted by Crippen LogP contribution is -2.26. The van der Waals surface area contributed by atoms with Crippen LogP contribution in [-0.4, -0.2) is 20.6 Å². The number of aromatic nitrogens is 2. The summed E-state index contributed by atoms with van der Waals surface area (Å²) in [7, 11) is 0. The average Bonchev–Trinajstić information content (AvgIpc) is 2.86. The third-order valence-electron chi connectivity index (χ3n) is 4.36. The van der Waals surface area contributed by atoms with Gasteiger partial charge in [0.25, 0.3) is 5.56 Å². The molecule has 0 bridgehead atoms.